The molecule has 0 spiro atoms. The molecule has 27 heavy (non-hydrogen) atoms. The molecule has 0 unspecified atom stereocenters. The Labute approximate surface area is 158 Å². The number of primary amides is 1. The second kappa shape index (κ2) is 7.71. The summed E-state index contributed by atoms with van der Waals surface area (Å²) < 4.78 is 41.8. The lowest BCUT2D eigenvalue weighted by Crippen LogP contribution is -2.13. The van der Waals surface area contributed by atoms with E-state index in [1.807, 2.05) is 12.1 Å². The number of halogens is 3. The van der Waals surface area contributed by atoms with Crippen LogP contribution in [0.3, 0.4) is 0 Å². The Bertz CT molecular complexity index is 1060. The van der Waals surface area contributed by atoms with E-state index in [1.165, 1.54) is 10.9 Å². The third kappa shape index (κ3) is 4.40. The van der Waals surface area contributed by atoms with E-state index in [0.717, 1.165) is 23.3 Å². The molecule has 3 rings (SSSR count). The quantitative estimate of drug-likeness (QED) is 0.535. The first-order chi connectivity index (χ1) is 12.8. The van der Waals surface area contributed by atoms with E-state index in [9.17, 15) is 18.0 Å². The van der Waals surface area contributed by atoms with Gasteiger partial charge in [-0.1, -0.05) is 36.5 Å². The van der Waals surface area contributed by atoms with Gasteiger partial charge in [-0.05, 0) is 17.2 Å². The van der Waals surface area contributed by atoms with Crippen LogP contribution in [0.15, 0.2) is 48.7 Å². The molecule has 8 heteroatoms. The van der Waals surface area contributed by atoms with Gasteiger partial charge in [0.15, 0.2) is 17.5 Å². The molecule has 2 N–H and O–H groups in total. The van der Waals surface area contributed by atoms with Gasteiger partial charge in [0.05, 0.1) is 22.3 Å². The van der Waals surface area contributed by atoms with Gasteiger partial charge in [0.25, 0.3) is 0 Å². The maximum Gasteiger partial charge on any atom is 0.221 e. The Morgan fingerprint density at radius 2 is 1.74 bits per heavy atom. The topological polar surface area (TPSA) is 60.9 Å². The Morgan fingerprint density at radius 1 is 1.07 bits per heavy atom. The third-order valence-electron chi connectivity index (χ3n) is 3.85. The van der Waals surface area contributed by atoms with Crippen LogP contribution in [-0.2, 0) is 17.6 Å². The van der Waals surface area contributed by atoms with E-state index in [1.54, 1.807) is 18.2 Å². The molecule has 4 nitrogen and oxygen atoms in total. The summed E-state index contributed by atoms with van der Waals surface area (Å²) in [7, 11) is 0. The normalized spacial score (nSPS) is 10.8. The Balaban J connectivity index is 1.95. The highest BCUT2D eigenvalue weighted by molar-refractivity contribution is 7.71. The number of rotatable bonds is 5. The van der Waals surface area contributed by atoms with E-state index in [-0.39, 0.29) is 12.1 Å². The van der Waals surface area contributed by atoms with Crippen LogP contribution in [0, 0.1) is 22.0 Å². The molecule has 0 bridgehead atoms. The summed E-state index contributed by atoms with van der Waals surface area (Å²) in [5.41, 5.74) is 7.35. The molecule has 1 aromatic heterocycles. The molecule has 0 aliphatic rings. The van der Waals surface area contributed by atoms with Crippen LogP contribution >= 0.6 is 12.2 Å². The largest absolute Gasteiger partial charge is 0.369 e. The number of hydrogen-bond donors (Lipinski definition) is 1. The molecule has 3 aromatic rings. The van der Waals surface area contributed by atoms with E-state index < -0.39 is 23.4 Å². The van der Waals surface area contributed by atoms with E-state index in [4.69, 9.17) is 18.0 Å². The second-order valence-electron chi connectivity index (χ2n) is 5.93. The first-order valence-electron chi connectivity index (χ1n) is 7.93. The highest BCUT2D eigenvalue weighted by atomic mass is 32.1. The van der Waals surface area contributed by atoms with Gasteiger partial charge < -0.3 is 5.73 Å². The molecule has 0 aliphatic heterocycles. The maximum atomic E-state index is 13.5. The number of benzene rings is 2. The molecular weight excluding hydrogens is 375 g/mol. The summed E-state index contributed by atoms with van der Waals surface area (Å²) in [5, 5.41) is 4.31. The predicted molar refractivity (Wildman–Crippen MR) is 96.4 cm³/mol. The van der Waals surface area contributed by atoms with E-state index >= 15 is 0 Å². The van der Waals surface area contributed by atoms with Gasteiger partial charge >= 0.3 is 0 Å². The van der Waals surface area contributed by atoms with Crippen molar-refractivity contribution in [3.05, 3.63) is 87.4 Å². The number of hydrogen-bond acceptors (Lipinski definition) is 3. The van der Waals surface area contributed by atoms with Crippen LogP contribution < -0.4 is 5.73 Å². The van der Waals surface area contributed by atoms with Crippen molar-refractivity contribution in [3.8, 4) is 5.69 Å². The summed E-state index contributed by atoms with van der Waals surface area (Å²) in [5.74, 6) is -4.58. The van der Waals surface area contributed by atoms with Crippen LogP contribution in [0.25, 0.3) is 5.69 Å². The minimum Gasteiger partial charge on any atom is -0.369 e. The van der Waals surface area contributed by atoms with Crippen LogP contribution in [0.1, 0.15) is 16.8 Å². The van der Waals surface area contributed by atoms with Crippen molar-refractivity contribution in [2.75, 3.05) is 0 Å². The number of aromatic nitrogens is 2. The Morgan fingerprint density at radius 3 is 2.41 bits per heavy atom. The average Bonchev–Trinajstić information content (AvgIpc) is 2.61. The molecule has 0 atom stereocenters. The predicted octanol–water partition coefficient (Wildman–Crippen LogP) is 3.64. The summed E-state index contributed by atoms with van der Waals surface area (Å²) in [4.78, 5) is 11.1. The van der Waals surface area contributed by atoms with Crippen molar-refractivity contribution in [3.63, 3.8) is 0 Å². The van der Waals surface area contributed by atoms with Gasteiger partial charge in [-0.3, -0.25) is 4.79 Å². The van der Waals surface area contributed by atoms with Crippen LogP contribution in [-0.4, -0.2) is 15.7 Å². The second-order valence-corrected chi connectivity index (χ2v) is 6.37. The van der Waals surface area contributed by atoms with Crippen LogP contribution in [0.4, 0.5) is 13.2 Å². The molecule has 0 aliphatic carbocycles. The summed E-state index contributed by atoms with van der Waals surface area (Å²) in [6.45, 7) is 0. The molecule has 0 fully saturated rings. The Hall–Kier alpha value is -3.00. The van der Waals surface area contributed by atoms with Crippen LogP contribution in [0.2, 0.25) is 0 Å². The molecule has 1 amide bonds. The third-order valence-corrected chi connectivity index (χ3v) is 4.23. The maximum absolute atomic E-state index is 13.5. The molecule has 0 saturated carbocycles. The highest BCUT2D eigenvalue weighted by Gasteiger charge is 2.12. The number of amides is 1. The molecule has 0 saturated heterocycles. The molecule has 1 heterocycles. The lowest BCUT2D eigenvalue weighted by molar-refractivity contribution is -0.117. The smallest absolute Gasteiger partial charge is 0.221 e. The van der Waals surface area contributed by atoms with Crippen molar-refractivity contribution in [2.45, 2.75) is 12.8 Å². The zero-order valence-corrected chi connectivity index (χ0v) is 14.8. The van der Waals surface area contributed by atoms with E-state index in [2.05, 4.69) is 5.10 Å². The number of nitrogens with two attached hydrogens (primary N) is 1. The van der Waals surface area contributed by atoms with Crippen molar-refractivity contribution < 1.29 is 18.0 Å². The van der Waals surface area contributed by atoms with Gasteiger partial charge in [-0.15, -0.1) is 0 Å². The molecule has 2 aromatic carbocycles. The minimum absolute atomic E-state index is 0.0325. The lowest BCUT2D eigenvalue weighted by atomic mass is 10.0. The fraction of sp³-hybridized carbons (Fsp3) is 0.105. The van der Waals surface area contributed by atoms with Gasteiger partial charge in [0, 0.05) is 24.8 Å². The standard InChI is InChI=1S/C19H14F3N3OS/c20-14-9-13(10-15(21)19(14)22)25-5-4-17(27)16(24-25)7-11-2-1-3-12(6-11)8-18(23)26/h1-6,9-10H,7-8H2,(H2,23,26). The van der Waals surface area contributed by atoms with Gasteiger partial charge in [0.2, 0.25) is 5.91 Å². The SMILES string of the molecule is NC(=O)Cc1cccc(Cc2nn(-c3cc(F)c(F)c(F)c3)ccc2=S)c1. The number of nitrogens with zero attached hydrogens (tertiary/aromatic N) is 2. The van der Waals surface area contributed by atoms with Crippen molar-refractivity contribution in [1.29, 1.82) is 0 Å². The number of carbonyl (C=O) groups is 1. The van der Waals surface area contributed by atoms with Crippen molar-refractivity contribution in [2.24, 2.45) is 5.73 Å². The molecule has 0 radical (unpaired) electrons. The average molecular weight is 389 g/mol. The minimum atomic E-state index is -1.54. The lowest BCUT2D eigenvalue weighted by Gasteiger charge is -2.10. The zero-order chi connectivity index (χ0) is 19.6. The van der Waals surface area contributed by atoms with Crippen LogP contribution in [0.5, 0.6) is 0 Å². The molecule has 138 valence electrons. The monoisotopic (exact) mass is 389 g/mol. The molecular formula is C19H14F3N3OS. The first kappa shape index (κ1) is 18.8. The van der Waals surface area contributed by atoms with Crippen molar-refractivity contribution >= 4 is 18.1 Å². The first-order valence-corrected chi connectivity index (χ1v) is 8.34. The Kier molecular flexibility index (Phi) is 5.36. The van der Waals surface area contributed by atoms with Crippen molar-refractivity contribution in [1.82, 2.24) is 9.78 Å². The fourth-order valence-electron chi connectivity index (χ4n) is 2.63. The van der Waals surface area contributed by atoms with Gasteiger partial charge in [0.1, 0.15) is 0 Å². The van der Waals surface area contributed by atoms with E-state index in [0.29, 0.717) is 16.6 Å². The zero-order valence-electron chi connectivity index (χ0n) is 14.0. The van der Waals surface area contributed by atoms with Gasteiger partial charge in [-0.25, -0.2) is 17.9 Å². The summed E-state index contributed by atoms with van der Waals surface area (Å²) in [6, 6.07) is 10.5. The highest BCUT2D eigenvalue weighted by Crippen LogP contribution is 2.18. The summed E-state index contributed by atoms with van der Waals surface area (Å²) >= 11 is 5.28. The number of carbonyl (C=O) groups excluding carboxylic acids is 1. The fourth-order valence-corrected chi connectivity index (χ4v) is 2.81. The van der Waals surface area contributed by atoms with Gasteiger partial charge in [-0.2, -0.15) is 5.10 Å². The summed E-state index contributed by atoms with van der Waals surface area (Å²) in [6.07, 6.45) is 1.91.